The first-order valence-electron chi connectivity index (χ1n) is 9.36. The molecule has 3 N–H and O–H groups in total. The number of nitrogens with zero attached hydrogens (tertiary/aromatic N) is 6. The molecule has 1 amide bonds. The number of benzene rings is 1. The van der Waals surface area contributed by atoms with E-state index in [1.165, 1.54) is 11.3 Å². The number of hydrogen-bond acceptors (Lipinski definition) is 10. The van der Waals surface area contributed by atoms with E-state index in [1.807, 2.05) is 6.92 Å². The van der Waals surface area contributed by atoms with Crippen LogP contribution in [0.15, 0.2) is 29.8 Å². The summed E-state index contributed by atoms with van der Waals surface area (Å²) in [5, 5.41) is 13.0. The number of carbonyl (C=O) groups is 1. The number of nitrogens with one attached hydrogen (secondary N) is 1. The number of amides is 1. The molecule has 0 spiro atoms. The van der Waals surface area contributed by atoms with Gasteiger partial charge in [-0.25, -0.2) is 14.8 Å². The minimum Gasteiger partial charge on any atom is -0.368 e. The summed E-state index contributed by atoms with van der Waals surface area (Å²) >= 11 is 1.42. The van der Waals surface area contributed by atoms with Crippen molar-refractivity contribution in [2.24, 2.45) is 0 Å². The Morgan fingerprint density at radius 2 is 2.17 bits per heavy atom. The number of nitrogen functional groups attached to an aromatic ring is 1. The highest BCUT2D eigenvalue weighted by molar-refractivity contribution is 7.16. The zero-order valence-corrected chi connectivity index (χ0v) is 17.1. The number of hydroxylamine groups is 2. The van der Waals surface area contributed by atoms with Crippen LogP contribution in [0.2, 0.25) is 0 Å². The first kappa shape index (κ1) is 19.8. The molecule has 1 aromatic carbocycles. The SMILES string of the molecule is C[C@H]1CN(OC(=O)Nc2ccc(CC#N)cc2)CCN1c1nc(N)nc2scnc12. The fourth-order valence-electron chi connectivity index (χ4n) is 3.34. The van der Waals surface area contributed by atoms with E-state index in [-0.39, 0.29) is 12.0 Å². The molecule has 0 saturated carbocycles. The van der Waals surface area contributed by atoms with E-state index in [0.29, 0.717) is 37.6 Å². The number of fused-ring (bicyclic) bond motifs is 1. The summed E-state index contributed by atoms with van der Waals surface area (Å²) in [5.41, 5.74) is 9.81. The molecule has 1 saturated heterocycles. The van der Waals surface area contributed by atoms with Crippen molar-refractivity contribution in [2.75, 3.05) is 35.6 Å². The van der Waals surface area contributed by atoms with Gasteiger partial charge in [0.1, 0.15) is 5.52 Å². The highest BCUT2D eigenvalue weighted by atomic mass is 32.1. The number of aromatic nitrogens is 3. The van der Waals surface area contributed by atoms with Crippen molar-refractivity contribution in [3.63, 3.8) is 0 Å². The van der Waals surface area contributed by atoms with Crippen LogP contribution in [0.3, 0.4) is 0 Å². The fourth-order valence-corrected chi connectivity index (χ4v) is 4.00. The third kappa shape index (κ3) is 4.24. The van der Waals surface area contributed by atoms with E-state index in [2.05, 4.69) is 31.2 Å². The highest BCUT2D eigenvalue weighted by Gasteiger charge is 2.29. The molecule has 10 nitrogen and oxygen atoms in total. The second-order valence-electron chi connectivity index (χ2n) is 6.88. The molecule has 11 heteroatoms. The summed E-state index contributed by atoms with van der Waals surface area (Å²) in [7, 11) is 0. The van der Waals surface area contributed by atoms with Crippen molar-refractivity contribution >= 4 is 45.2 Å². The smallest absolute Gasteiger partial charge is 0.368 e. The summed E-state index contributed by atoms with van der Waals surface area (Å²) in [4.78, 5) is 33.5. The number of nitriles is 1. The van der Waals surface area contributed by atoms with Crippen molar-refractivity contribution in [3.8, 4) is 6.07 Å². The Bertz CT molecular complexity index is 1090. The number of anilines is 3. The lowest BCUT2D eigenvalue weighted by atomic mass is 10.1. The van der Waals surface area contributed by atoms with Crippen LogP contribution in [0, 0.1) is 11.3 Å². The minimum absolute atomic E-state index is 0.0241. The van der Waals surface area contributed by atoms with Gasteiger partial charge < -0.3 is 15.5 Å². The highest BCUT2D eigenvalue weighted by Crippen LogP contribution is 2.28. The van der Waals surface area contributed by atoms with Crippen LogP contribution in [0.5, 0.6) is 0 Å². The third-order valence-corrected chi connectivity index (χ3v) is 5.47. The number of carbonyl (C=O) groups excluding carboxylic acids is 1. The van der Waals surface area contributed by atoms with Gasteiger partial charge in [-0.15, -0.1) is 16.4 Å². The molecule has 3 heterocycles. The normalized spacial score (nSPS) is 16.9. The standard InChI is InChI=1S/C19H20N8O2S/c1-12-10-26(29-19(28)23-14-4-2-13(3-5-14)6-7-20)8-9-27(12)16-15-17(30-11-22-15)25-18(21)24-16/h2-5,11-12H,6,8-10H2,1H3,(H,23,28)(H2,21,24,25)/t12-/m0/s1. The van der Waals surface area contributed by atoms with Crippen LogP contribution < -0.4 is 16.0 Å². The van der Waals surface area contributed by atoms with E-state index in [1.54, 1.807) is 34.8 Å². The van der Waals surface area contributed by atoms with Crippen molar-refractivity contribution in [1.29, 1.82) is 5.26 Å². The molecule has 0 bridgehead atoms. The van der Waals surface area contributed by atoms with Crippen molar-refractivity contribution in [2.45, 2.75) is 19.4 Å². The Balaban J connectivity index is 1.36. The van der Waals surface area contributed by atoms with E-state index < -0.39 is 6.09 Å². The predicted octanol–water partition coefficient (Wildman–Crippen LogP) is 2.41. The van der Waals surface area contributed by atoms with Gasteiger partial charge in [0.2, 0.25) is 5.95 Å². The summed E-state index contributed by atoms with van der Waals surface area (Å²) < 4.78 is 0. The maximum absolute atomic E-state index is 12.2. The van der Waals surface area contributed by atoms with Crippen LogP contribution in [-0.4, -0.2) is 51.8 Å². The average molecular weight is 424 g/mol. The summed E-state index contributed by atoms with van der Waals surface area (Å²) in [5.74, 6) is 0.917. The maximum Gasteiger partial charge on any atom is 0.430 e. The lowest BCUT2D eigenvalue weighted by Gasteiger charge is -2.39. The molecule has 1 aliphatic rings. The largest absolute Gasteiger partial charge is 0.430 e. The summed E-state index contributed by atoms with van der Waals surface area (Å²) in [6, 6.07) is 9.19. The van der Waals surface area contributed by atoms with Crippen LogP contribution in [-0.2, 0) is 11.3 Å². The van der Waals surface area contributed by atoms with Crippen molar-refractivity contribution in [1.82, 2.24) is 20.0 Å². The molecule has 154 valence electrons. The zero-order valence-electron chi connectivity index (χ0n) is 16.3. The Hall–Kier alpha value is -3.49. The average Bonchev–Trinajstić information content (AvgIpc) is 3.18. The quantitative estimate of drug-likeness (QED) is 0.647. The van der Waals surface area contributed by atoms with Gasteiger partial charge in [-0.1, -0.05) is 12.1 Å². The summed E-state index contributed by atoms with van der Waals surface area (Å²) in [6.45, 7) is 3.64. The first-order valence-corrected chi connectivity index (χ1v) is 10.2. The molecule has 4 rings (SSSR count). The molecule has 1 fully saturated rings. The third-order valence-electron chi connectivity index (χ3n) is 4.75. The lowest BCUT2D eigenvalue weighted by Crippen LogP contribution is -2.53. The van der Waals surface area contributed by atoms with E-state index in [0.717, 1.165) is 15.9 Å². The maximum atomic E-state index is 12.2. The number of nitrogens with two attached hydrogens (primary N) is 1. The number of piperazine rings is 1. The van der Waals surface area contributed by atoms with Gasteiger partial charge in [-0.2, -0.15) is 10.2 Å². The van der Waals surface area contributed by atoms with Crippen molar-refractivity contribution < 1.29 is 9.63 Å². The van der Waals surface area contributed by atoms with E-state index in [4.69, 9.17) is 15.8 Å². The van der Waals surface area contributed by atoms with Gasteiger partial charge in [0, 0.05) is 18.3 Å². The number of hydrogen-bond donors (Lipinski definition) is 2. The Morgan fingerprint density at radius 3 is 2.90 bits per heavy atom. The number of rotatable bonds is 4. The molecular weight excluding hydrogens is 404 g/mol. The Kier molecular flexibility index (Phi) is 5.60. The van der Waals surface area contributed by atoms with Crippen LogP contribution in [0.4, 0.5) is 22.2 Å². The monoisotopic (exact) mass is 424 g/mol. The fraction of sp³-hybridized carbons (Fsp3) is 0.316. The van der Waals surface area contributed by atoms with Gasteiger partial charge in [0.25, 0.3) is 0 Å². The second kappa shape index (κ2) is 8.48. The molecule has 30 heavy (non-hydrogen) atoms. The van der Waals surface area contributed by atoms with Gasteiger partial charge in [-0.05, 0) is 24.6 Å². The number of thiazole rings is 1. The molecule has 3 aromatic rings. The Labute approximate surface area is 176 Å². The predicted molar refractivity (Wildman–Crippen MR) is 114 cm³/mol. The lowest BCUT2D eigenvalue weighted by molar-refractivity contribution is -0.103. The molecule has 1 atom stereocenters. The first-order chi connectivity index (χ1) is 14.5. The molecule has 2 aromatic heterocycles. The topological polar surface area (TPSA) is 133 Å². The van der Waals surface area contributed by atoms with Gasteiger partial charge in [-0.3, -0.25) is 5.32 Å². The zero-order chi connectivity index (χ0) is 21.1. The van der Waals surface area contributed by atoms with Crippen LogP contribution >= 0.6 is 11.3 Å². The molecular formula is C19H20N8O2S. The summed E-state index contributed by atoms with van der Waals surface area (Å²) in [6.07, 6.45) is -0.227. The van der Waals surface area contributed by atoms with Gasteiger partial charge in [0.05, 0.1) is 31.1 Å². The molecule has 0 radical (unpaired) electrons. The van der Waals surface area contributed by atoms with Crippen molar-refractivity contribution in [3.05, 3.63) is 35.3 Å². The molecule has 0 unspecified atom stereocenters. The Morgan fingerprint density at radius 1 is 1.37 bits per heavy atom. The van der Waals surface area contributed by atoms with Gasteiger partial charge >= 0.3 is 6.09 Å². The van der Waals surface area contributed by atoms with Crippen LogP contribution in [0.25, 0.3) is 10.3 Å². The molecule has 0 aliphatic carbocycles. The molecule has 1 aliphatic heterocycles. The van der Waals surface area contributed by atoms with E-state index >= 15 is 0 Å². The van der Waals surface area contributed by atoms with Crippen LogP contribution in [0.1, 0.15) is 12.5 Å². The van der Waals surface area contributed by atoms with E-state index in [9.17, 15) is 4.79 Å². The minimum atomic E-state index is -0.558. The second-order valence-corrected chi connectivity index (χ2v) is 7.71. The van der Waals surface area contributed by atoms with Gasteiger partial charge in [0.15, 0.2) is 10.6 Å².